The lowest BCUT2D eigenvalue weighted by molar-refractivity contribution is -0.114. The molecule has 0 aliphatic heterocycles. The number of ether oxygens (including phenoxy) is 1. The minimum absolute atomic E-state index is 0.0611. The summed E-state index contributed by atoms with van der Waals surface area (Å²) >= 11 is 0. The Morgan fingerprint density at radius 3 is 2.47 bits per heavy atom. The highest BCUT2D eigenvalue weighted by Crippen LogP contribution is 2.19. The molecule has 32 heavy (non-hydrogen) atoms. The maximum atomic E-state index is 13.0. The molecule has 0 aromatic heterocycles. The molecule has 0 saturated carbocycles. The van der Waals surface area contributed by atoms with Gasteiger partial charge in [0.1, 0.15) is 12.4 Å². The summed E-state index contributed by atoms with van der Waals surface area (Å²) < 4.78 is 5.48. The van der Waals surface area contributed by atoms with Gasteiger partial charge in [-0.15, -0.1) is 0 Å². The second-order valence-corrected chi connectivity index (χ2v) is 7.00. The molecular weight excluding hydrogens is 402 g/mol. The van der Waals surface area contributed by atoms with E-state index in [-0.39, 0.29) is 18.4 Å². The summed E-state index contributed by atoms with van der Waals surface area (Å²) in [5.41, 5.74) is 2.73. The lowest BCUT2D eigenvalue weighted by Gasteiger charge is -2.21. The predicted molar refractivity (Wildman–Crippen MR) is 129 cm³/mol. The lowest BCUT2D eigenvalue weighted by Crippen LogP contribution is -2.30. The van der Waals surface area contributed by atoms with Crippen molar-refractivity contribution in [2.24, 2.45) is 0 Å². The van der Waals surface area contributed by atoms with Gasteiger partial charge in [-0.1, -0.05) is 43.0 Å². The summed E-state index contributed by atoms with van der Waals surface area (Å²) in [5, 5.41) is 5.91. The van der Waals surface area contributed by atoms with E-state index in [0.717, 1.165) is 5.69 Å². The number of nitrogens with one attached hydrogen (secondary N) is 2. The topological polar surface area (TPSA) is 70.7 Å². The zero-order chi connectivity index (χ0) is 22.8. The van der Waals surface area contributed by atoms with Crippen LogP contribution in [-0.4, -0.2) is 31.5 Å². The van der Waals surface area contributed by atoms with Crippen LogP contribution in [0.1, 0.15) is 17.3 Å². The molecule has 0 heterocycles. The number of amides is 2. The van der Waals surface area contributed by atoms with Gasteiger partial charge >= 0.3 is 0 Å². The van der Waals surface area contributed by atoms with Crippen LogP contribution in [0.15, 0.2) is 91.5 Å². The van der Waals surface area contributed by atoms with Crippen molar-refractivity contribution in [2.45, 2.75) is 6.92 Å². The molecule has 0 unspecified atom stereocenters. The fourth-order valence-electron chi connectivity index (χ4n) is 3.18. The van der Waals surface area contributed by atoms with E-state index in [2.05, 4.69) is 17.2 Å². The van der Waals surface area contributed by atoms with Crippen molar-refractivity contribution < 1.29 is 14.3 Å². The van der Waals surface area contributed by atoms with Gasteiger partial charge < -0.3 is 20.3 Å². The predicted octanol–water partition coefficient (Wildman–Crippen LogP) is 4.97. The Morgan fingerprint density at radius 1 is 0.969 bits per heavy atom. The van der Waals surface area contributed by atoms with Gasteiger partial charge in [-0.3, -0.25) is 9.59 Å². The summed E-state index contributed by atoms with van der Waals surface area (Å²) in [6.07, 6.45) is 1.66. The second-order valence-electron chi connectivity index (χ2n) is 7.00. The summed E-state index contributed by atoms with van der Waals surface area (Å²) in [4.78, 5) is 27.1. The minimum atomic E-state index is -0.206. The fourth-order valence-corrected chi connectivity index (χ4v) is 3.18. The number of anilines is 3. The van der Waals surface area contributed by atoms with Crippen molar-refractivity contribution in [1.82, 2.24) is 0 Å². The third kappa shape index (κ3) is 6.22. The smallest absolute Gasteiger partial charge is 0.258 e. The highest BCUT2D eigenvalue weighted by Gasteiger charge is 2.16. The van der Waals surface area contributed by atoms with E-state index in [1.807, 2.05) is 55.5 Å². The standard InChI is InChI=1S/C26H27N3O3/c1-3-16-32-24-15-9-12-22(18-24)28-25(30)19-27-21-11-8-10-20(17-21)26(31)29(4-2)23-13-6-5-7-14-23/h3,5-15,17-18,27H,1,4,16,19H2,2H3,(H,28,30). The Hall–Kier alpha value is -4.06. The molecule has 0 atom stereocenters. The summed E-state index contributed by atoms with van der Waals surface area (Å²) in [5.74, 6) is 0.353. The van der Waals surface area contributed by atoms with E-state index in [1.54, 1.807) is 41.3 Å². The number of hydrogen-bond donors (Lipinski definition) is 2. The fraction of sp³-hybridized carbons (Fsp3) is 0.154. The van der Waals surface area contributed by atoms with Crippen molar-refractivity contribution in [3.8, 4) is 5.75 Å². The van der Waals surface area contributed by atoms with Crippen LogP contribution in [0.2, 0.25) is 0 Å². The van der Waals surface area contributed by atoms with E-state index < -0.39 is 0 Å². The van der Waals surface area contributed by atoms with Crippen LogP contribution in [-0.2, 0) is 4.79 Å². The van der Waals surface area contributed by atoms with Gasteiger partial charge in [-0.25, -0.2) is 0 Å². The molecule has 0 bridgehead atoms. The number of carbonyl (C=O) groups is 2. The van der Waals surface area contributed by atoms with Gasteiger partial charge in [0.05, 0.1) is 6.54 Å². The Kier molecular flexibility index (Phi) is 8.03. The highest BCUT2D eigenvalue weighted by atomic mass is 16.5. The molecular formula is C26H27N3O3. The van der Waals surface area contributed by atoms with Crippen molar-refractivity contribution in [2.75, 3.05) is 35.2 Å². The van der Waals surface area contributed by atoms with Crippen molar-refractivity contribution >= 4 is 28.9 Å². The number of benzene rings is 3. The second kappa shape index (κ2) is 11.4. The Balaban J connectivity index is 1.60. The van der Waals surface area contributed by atoms with Gasteiger partial charge in [0, 0.05) is 35.2 Å². The first-order valence-corrected chi connectivity index (χ1v) is 10.4. The third-order valence-corrected chi connectivity index (χ3v) is 4.68. The molecule has 6 nitrogen and oxygen atoms in total. The van der Waals surface area contributed by atoms with Gasteiger partial charge in [0.25, 0.3) is 5.91 Å². The quantitative estimate of drug-likeness (QED) is 0.447. The summed E-state index contributed by atoms with van der Waals surface area (Å²) in [7, 11) is 0. The van der Waals surface area contributed by atoms with Crippen LogP contribution in [0.3, 0.4) is 0 Å². The van der Waals surface area contributed by atoms with Crippen LogP contribution in [0.4, 0.5) is 17.1 Å². The minimum Gasteiger partial charge on any atom is -0.489 e. The third-order valence-electron chi connectivity index (χ3n) is 4.68. The maximum absolute atomic E-state index is 13.0. The van der Waals surface area contributed by atoms with Gasteiger partial charge in [-0.2, -0.15) is 0 Å². The molecule has 0 radical (unpaired) electrons. The van der Waals surface area contributed by atoms with Gasteiger partial charge in [-0.05, 0) is 49.4 Å². The first-order chi connectivity index (χ1) is 15.6. The molecule has 0 spiro atoms. The first-order valence-electron chi connectivity index (χ1n) is 10.4. The lowest BCUT2D eigenvalue weighted by atomic mass is 10.1. The monoisotopic (exact) mass is 429 g/mol. The normalized spacial score (nSPS) is 10.2. The zero-order valence-corrected chi connectivity index (χ0v) is 18.1. The van der Waals surface area contributed by atoms with Crippen LogP contribution in [0.5, 0.6) is 5.75 Å². The number of hydrogen-bond acceptors (Lipinski definition) is 4. The number of para-hydroxylation sites is 1. The molecule has 2 N–H and O–H groups in total. The number of nitrogens with zero attached hydrogens (tertiary/aromatic N) is 1. The molecule has 0 aliphatic rings. The van der Waals surface area contributed by atoms with Crippen molar-refractivity contribution in [3.05, 3.63) is 97.1 Å². The Bertz CT molecular complexity index is 1070. The van der Waals surface area contributed by atoms with Crippen molar-refractivity contribution in [1.29, 1.82) is 0 Å². The Morgan fingerprint density at radius 2 is 1.72 bits per heavy atom. The van der Waals surface area contributed by atoms with Crippen LogP contribution in [0.25, 0.3) is 0 Å². The average molecular weight is 430 g/mol. The molecule has 0 saturated heterocycles. The van der Waals surface area contributed by atoms with E-state index in [9.17, 15) is 9.59 Å². The first kappa shape index (κ1) is 22.6. The maximum Gasteiger partial charge on any atom is 0.258 e. The van der Waals surface area contributed by atoms with Crippen LogP contribution < -0.4 is 20.3 Å². The van der Waals surface area contributed by atoms with Crippen LogP contribution >= 0.6 is 0 Å². The molecule has 2 amide bonds. The largest absolute Gasteiger partial charge is 0.489 e. The molecule has 0 aliphatic carbocycles. The molecule has 3 aromatic carbocycles. The van der Waals surface area contributed by atoms with E-state index >= 15 is 0 Å². The molecule has 3 aromatic rings. The zero-order valence-electron chi connectivity index (χ0n) is 18.1. The molecule has 3 rings (SSSR count). The SMILES string of the molecule is C=CCOc1cccc(NC(=O)CNc2cccc(C(=O)N(CC)c3ccccc3)c2)c1. The highest BCUT2D eigenvalue weighted by molar-refractivity contribution is 6.06. The number of rotatable bonds is 10. The van der Waals surface area contributed by atoms with E-state index in [4.69, 9.17) is 4.74 Å². The molecule has 6 heteroatoms. The average Bonchev–Trinajstić information content (AvgIpc) is 2.83. The van der Waals surface area contributed by atoms with E-state index in [0.29, 0.717) is 35.8 Å². The van der Waals surface area contributed by atoms with Gasteiger partial charge in [0.15, 0.2) is 0 Å². The molecule has 0 fully saturated rings. The van der Waals surface area contributed by atoms with Gasteiger partial charge in [0.2, 0.25) is 5.91 Å². The molecule has 164 valence electrons. The Labute approximate surface area is 188 Å². The number of carbonyl (C=O) groups excluding carboxylic acids is 2. The summed E-state index contributed by atoms with van der Waals surface area (Å²) in [6.45, 7) is 6.57. The van der Waals surface area contributed by atoms with Crippen LogP contribution in [0, 0.1) is 0 Å². The summed E-state index contributed by atoms with van der Waals surface area (Å²) in [6, 6.07) is 23.9. The van der Waals surface area contributed by atoms with Crippen molar-refractivity contribution in [3.63, 3.8) is 0 Å². The van der Waals surface area contributed by atoms with E-state index in [1.165, 1.54) is 0 Å².